The molecule has 17 heavy (non-hydrogen) atoms. The monoisotopic (exact) mass is 233 g/mol. The lowest BCUT2D eigenvalue weighted by Crippen LogP contribution is -2.61. The maximum Gasteiger partial charge on any atom is 0.122 e. The molecule has 1 fully saturated rings. The molecule has 2 rings (SSSR count). The predicted molar refractivity (Wildman–Crippen MR) is 71.6 cm³/mol. The molecule has 0 saturated heterocycles. The van der Waals surface area contributed by atoms with Crippen molar-refractivity contribution in [1.82, 2.24) is 5.32 Å². The molecule has 1 N–H and O–H groups in total. The van der Waals surface area contributed by atoms with Crippen molar-refractivity contribution in [3.05, 3.63) is 29.3 Å². The van der Waals surface area contributed by atoms with E-state index in [1.165, 1.54) is 11.1 Å². The van der Waals surface area contributed by atoms with Gasteiger partial charge in [0.2, 0.25) is 0 Å². The maximum absolute atomic E-state index is 6.17. The Morgan fingerprint density at radius 2 is 2.00 bits per heavy atom. The fourth-order valence-corrected chi connectivity index (χ4v) is 2.56. The van der Waals surface area contributed by atoms with E-state index in [1.54, 1.807) is 0 Å². The van der Waals surface area contributed by atoms with E-state index in [0.29, 0.717) is 12.1 Å². The number of aryl methyl sites for hydroxylation is 2. The van der Waals surface area contributed by atoms with E-state index >= 15 is 0 Å². The molecule has 2 unspecified atom stereocenters. The molecule has 2 atom stereocenters. The zero-order valence-corrected chi connectivity index (χ0v) is 11.5. The van der Waals surface area contributed by atoms with Gasteiger partial charge < -0.3 is 10.1 Å². The number of hydrogen-bond acceptors (Lipinski definition) is 2. The lowest BCUT2D eigenvalue weighted by Gasteiger charge is -2.51. The molecule has 2 heteroatoms. The van der Waals surface area contributed by atoms with Crippen molar-refractivity contribution in [1.29, 1.82) is 0 Å². The van der Waals surface area contributed by atoms with Gasteiger partial charge in [-0.1, -0.05) is 26.0 Å². The number of ether oxygens (including phenoxy) is 1. The summed E-state index contributed by atoms with van der Waals surface area (Å²) in [7, 11) is 2.03. The molecule has 0 bridgehead atoms. The molecule has 1 aliphatic rings. The predicted octanol–water partition coefficient (Wildman–Crippen LogP) is 3.07. The van der Waals surface area contributed by atoms with Crippen LogP contribution >= 0.6 is 0 Å². The van der Waals surface area contributed by atoms with Crippen LogP contribution in [0.2, 0.25) is 0 Å². The lowest BCUT2D eigenvalue weighted by atomic mass is 9.64. The average Bonchev–Trinajstić information content (AvgIpc) is 2.28. The van der Waals surface area contributed by atoms with E-state index in [1.807, 2.05) is 7.05 Å². The summed E-state index contributed by atoms with van der Waals surface area (Å²) in [6, 6.07) is 6.96. The fraction of sp³-hybridized carbons (Fsp3) is 0.600. The van der Waals surface area contributed by atoms with Crippen LogP contribution in [0.5, 0.6) is 5.75 Å². The highest BCUT2D eigenvalue weighted by atomic mass is 16.5. The van der Waals surface area contributed by atoms with Gasteiger partial charge in [0, 0.05) is 17.9 Å². The first kappa shape index (κ1) is 12.4. The molecular weight excluding hydrogens is 210 g/mol. The molecule has 1 aliphatic carbocycles. The van der Waals surface area contributed by atoms with Gasteiger partial charge in [-0.2, -0.15) is 0 Å². The number of benzene rings is 1. The molecule has 0 radical (unpaired) electrons. The number of nitrogens with one attached hydrogen (secondary N) is 1. The third kappa shape index (κ3) is 2.19. The van der Waals surface area contributed by atoms with Crippen LogP contribution < -0.4 is 10.1 Å². The van der Waals surface area contributed by atoms with E-state index in [0.717, 1.165) is 12.2 Å². The minimum absolute atomic E-state index is 0.213. The van der Waals surface area contributed by atoms with Crippen molar-refractivity contribution in [3.63, 3.8) is 0 Å². The Kier molecular flexibility index (Phi) is 3.17. The summed E-state index contributed by atoms with van der Waals surface area (Å²) in [4.78, 5) is 0. The minimum Gasteiger partial charge on any atom is -0.489 e. The van der Waals surface area contributed by atoms with E-state index in [-0.39, 0.29) is 5.41 Å². The standard InChI is InChI=1S/C15H23NO/c1-10-6-7-11(2)12(8-10)17-14-9-13(16-5)15(14,3)4/h6-8,13-14,16H,9H2,1-5H3. The van der Waals surface area contributed by atoms with Gasteiger partial charge in [0.1, 0.15) is 11.9 Å². The topological polar surface area (TPSA) is 21.3 Å². The van der Waals surface area contributed by atoms with Crippen LogP contribution in [-0.2, 0) is 0 Å². The Bertz CT molecular complexity index is 411. The van der Waals surface area contributed by atoms with Crippen molar-refractivity contribution in [3.8, 4) is 5.75 Å². The molecule has 1 aromatic rings. The Morgan fingerprint density at radius 1 is 1.29 bits per heavy atom. The van der Waals surface area contributed by atoms with Crippen molar-refractivity contribution in [2.45, 2.75) is 46.3 Å². The van der Waals surface area contributed by atoms with Crippen molar-refractivity contribution in [2.75, 3.05) is 7.05 Å². The molecule has 0 amide bonds. The summed E-state index contributed by atoms with van der Waals surface area (Å²) in [5, 5.41) is 3.35. The van der Waals surface area contributed by atoms with Crippen LogP contribution in [0.4, 0.5) is 0 Å². The van der Waals surface area contributed by atoms with Crippen molar-refractivity contribution in [2.24, 2.45) is 5.41 Å². The molecule has 0 heterocycles. The van der Waals surface area contributed by atoms with Gasteiger partial charge in [0.15, 0.2) is 0 Å². The highest BCUT2D eigenvalue weighted by Crippen LogP contribution is 2.43. The summed E-state index contributed by atoms with van der Waals surface area (Å²) >= 11 is 0. The summed E-state index contributed by atoms with van der Waals surface area (Å²) in [6.07, 6.45) is 1.41. The second-order valence-corrected chi connectivity index (χ2v) is 5.77. The van der Waals surface area contributed by atoms with E-state index in [2.05, 4.69) is 51.2 Å². The van der Waals surface area contributed by atoms with Crippen LogP contribution in [0.1, 0.15) is 31.4 Å². The number of rotatable bonds is 3. The zero-order valence-electron chi connectivity index (χ0n) is 11.5. The smallest absolute Gasteiger partial charge is 0.122 e. The molecule has 2 nitrogen and oxygen atoms in total. The normalized spacial score (nSPS) is 26.4. The highest BCUT2D eigenvalue weighted by Gasteiger charge is 2.49. The first-order valence-electron chi connectivity index (χ1n) is 6.36. The molecule has 0 aliphatic heterocycles. The summed E-state index contributed by atoms with van der Waals surface area (Å²) in [6.45, 7) is 8.76. The quantitative estimate of drug-likeness (QED) is 0.866. The lowest BCUT2D eigenvalue weighted by molar-refractivity contribution is -0.0524. The Labute approximate surface area is 104 Å². The van der Waals surface area contributed by atoms with Crippen LogP contribution in [0.25, 0.3) is 0 Å². The van der Waals surface area contributed by atoms with Crippen LogP contribution in [0.3, 0.4) is 0 Å². The van der Waals surface area contributed by atoms with Crippen LogP contribution in [-0.4, -0.2) is 19.2 Å². The highest BCUT2D eigenvalue weighted by molar-refractivity contribution is 5.36. The van der Waals surface area contributed by atoms with E-state index in [9.17, 15) is 0 Å². The third-order valence-electron chi connectivity index (χ3n) is 4.14. The summed E-state index contributed by atoms with van der Waals surface area (Å²) < 4.78 is 6.17. The second-order valence-electron chi connectivity index (χ2n) is 5.77. The van der Waals surface area contributed by atoms with Crippen molar-refractivity contribution < 1.29 is 4.74 Å². The van der Waals surface area contributed by atoms with Gasteiger partial charge in [-0.15, -0.1) is 0 Å². The molecule has 0 spiro atoms. The van der Waals surface area contributed by atoms with Gasteiger partial charge in [-0.3, -0.25) is 0 Å². The Balaban J connectivity index is 2.10. The zero-order chi connectivity index (χ0) is 12.6. The summed E-state index contributed by atoms with van der Waals surface area (Å²) in [5.74, 6) is 1.04. The van der Waals surface area contributed by atoms with Crippen LogP contribution in [0, 0.1) is 19.3 Å². The molecule has 0 aromatic heterocycles. The Morgan fingerprint density at radius 3 is 2.59 bits per heavy atom. The largest absolute Gasteiger partial charge is 0.489 e. The van der Waals surface area contributed by atoms with Gasteiger partial charge in [-0.05, 0) is 38.1 Å². The third-order valence-corrected chi connectivity index (χ3v) is 4.14. The number of hydrogen-bond donors (Lipinski definition) is 1. The molecular formula is C15H23NO. The van der Waals surface area contributed by atoms with Crippen molar-refractivity contribution >= 4 is 0 Å². The van der Waals surface area contributed by atoms with E-state index in [4.69, 9.17) is 4.74 Å². The van der Waals surface area contributed by atoms with Gasteiger partial charge in [0.25, 0.3) is 0 Å². The first-order chi connectivity index (χ1) is 7.95. The van der Waals surface area contributed by atoms with Gasteiger partial charge in [-0.25, -0.2) is 0 Å². The van der Waals surface area contributed by atoms with Gasteiger partial charge in [0.05, 0.1) is 0 Å². The minimum atomic E-state index is 0.213. The summed E-state index contributed by atoms with van der Waals surface area (Å²) in [5.41, 5.74) is 2.69. The van der Waals surface area contributed by atoms with Gasteiger partial charge >= 0.3 is 0 Å². The SMILES string of the molecule is CNC1CC(Oc2cc(C)ccc2C)C1(C)C. The average molecular weight is 233 g/mol. The maximum atomic E-state index is 6.17. The first-order valence-corrected chi connectivity index (χ1v) is 6.36. The second kappa shape index (κ2) is 4.34. The molecule has 1 aromatic carbocycles. The van der Waals surface area contributed by atoms with Crippen LogP contribution in [0.15, 0.2) is 18.2 Å². The van der Waals surface area contributed by atoms with E-state index < -0.39 is 0 Å². The Hall–Kier alpha value is -1.02. The fourth-order valence-electron chi connectivity index (χ4n) is 2.56. The molecule has 94 valence electrons. The molecule has 1 saturated carbocycles.